The molecule has 1 N–H and O–H groups in total. The second kappa shape index (κ2) is 5.31. The van der Waals surface area contributed by atoms with Crippen molar-refractivity contribution in [3.8, 4) is 0 Å². The fourth-order valence-corrected chi connectivity index (χ4v) is 4.03. The molecule has 0 aromatic rings. The molecule has 1 saturated heterocycles. The van der Waals surface area contributed by atoms with E-state index in [1.807, 2.05) is 6.92 Å². The van der Waals surface area contributed by atoms with Crippen molar-refractivity contribution >= 4 is 23.4 Å². The molecule has 2 amide bonds. The number of hydrogen-bond donors (Lipinski definition) is 1. The van der Waals surface area contributed by atoms with Crippen LogP contribution in [0.5, 0.6) is 0 Å². The van der Waals surface area contributed by atoms with E-state index >= 15 is 0 Å². The Hall–Kier alpha value is -1.03. The molecule has 0 aromatic heterocycles. The van der Waals surface area contributed by atoms with Crippen LogP contribution in [0.4, 0.5) is 0 Å². The van der Waals surface area contributed by atoms with Crippen molar-refractivity contribution < 1.29 is 9.59 Å². The highest BCUT2D eigenvalue weighted by molar-refractivity contribution is 6.25. The Morgan fingerprint density at radius 3 is 2.52 bits per heavy atom. The summed E-state index contributed by atoms with van der Waals surface area (Å²) in [6, 6.07) is 0. The van der Waals surface area contributed by atoms with Crippen molar-refractivity contribution in [2.24, 2.45) is 5.92 Å². The predicted molar refractivity (Wildman–Crippen MR) is 81.8 cm³/mol. The molecule has 116 valence electrons. The molecule has 2 aliphatic carbocycles. The van der Waals surface area contributed by atoms with Crippen LogP contribution in [0.15, 0.2) is 11.6 Å². The highest BCUT2D eigenvalue weighted by Crippen LogP contribution is 2.47. The van der Waals surface area contributed by atoms with Gasteiger partial charge in [-0.1, -0.05) is 36.9 Å². The molecule has 21 heavy (non-hydrogen) atoms. The van der Waals surface area contributed by atoms with Gasteiger partial charge in [-0.15, -0.1) is 0 Å². The normalized spacial score (nSPS) is 32.8. The Balaban J connectivity index is 1.95. The van der Waals surface area contributed by atoms with Crippen LogP contribution in [-0.4, -0.2) is 34.3 Å². The van der Waals surface area contributed by atoms with Crippen molar-refractivity contribution in [3.63, 3.8) is 0 Å². The zero-order valence-corrected chi connectivity index (χ0v) is 13.3. The van der Waals surface area contributed by atoms with E-state index in [-0.39, 0.29) is 17.7 Å². The van der Waals surface area contributed by atoms with Crippen molar-refractivity contribution in [1.29, 1.82) is 0 Å². The Morgan fingerprint density at radius 1 is 1.29 bits per heavy atom. The van der Waals surface area contributed by atoms with E-state index in [1.54, 1.807) is 11.0 Å². The average Bonchev–Trinajstić information content (AvgIpc) is 3.31. The van der Waals surface area contributed by atoms with Gasteiger partial charge in [-0.05, 0) is 38.5 Å². The molecule has 3 aliphatic rings. The van der Waals surface area contributed by atoms with Gasteiger partial charge in [0.2, 0.25) is 11.8 Å². The molecule has 0 aromatic carbocycles. The van der Waals surface area contributed by atoms with Crippen LogP contribution in [0, 0.1) is 5.92 Å². The quantitative estimate of drug-likeness (QED) is 0.871. The molecule has 1 unspecified atom stereocenters. The molecule has 0 bridgehead atoms. The van der Waals surface area contributed by atoms with Gasteiger partial charge in [0, 0.05) is 12.1 Å². The maximum absolute atomic E-state index is 13.1. The lowest BCUT2D eigenvalue weighted by Crippen LogP contribution is -2.76. The fraction of sp³-hybridized carbons (Fsp3) is 0.750. The number of halogens is 1. The highest BCUT2D eigenvalue weighted by atomic mass is 35.5. The van der Waals surface area contributed by atoms with Gasteiger partial charge in [-0.3, -0.25) is 9.59 Å². The van der Waals surface area contributed by atoms with E-state index in [0.29, 0.717) is 6.54 Å². The summed E-state index contributed by atoms with van der Waals surface area (Å²) in [5, 5.41) is 3.11. The van der Waals surface area contributed by atoms with Gasteiger partial charge in [-0.25, -0.2) is 0 Å². The SMILES string of the molecule is CC1(C2CC2)C(=O)NC2(CCCCC2)C(=O)N1C/C=C/Cl. The molecule has 1 spiro atoms. The third-order valence-corrected chi connectivity index (χ3v) is 5.66. The molecule has 2 saturated carbocycles. The standard InChI is InChI=1S/C16H23ClN2O2/c1-15(12-6-7-12)13(20)18-16(8-3-2-4-9-16)14(21)19(15)11-5-10-17/h5,10,12H,2-4,6-9,11H2,1H3,(H,18,20)/b10-5+. The lowest BCUT2D eigenvalue weighted by atomic mass is 9.75. The van der Waals surface area contributed by atoms with Crippen LogP contribution in [-0.2, 0) is 9.59 Å². The van der Waals surface area contributed by atoms with Crippen LogP contribution in [0.3, 0.4) is 0 Å². The molecule has 1 aliphatic heterocycles. The summed E-state index contributed by atoms with van der Waals surface area (Å²) in [6.45, 7) is 2.33. The Kier molecular flexibility index (Phi) is 3.76. The number of nitrogens with one attached hydrogen (secondary N) is 1. The van der Waals surface area contributed by atoms with Crippen LogP contribution >= 0.6 is 11.6 Å². The average molecular weight is 311 g/mol. The van der Waals surface area contributed by atoms with Crippen LogP contribution in [0.1, 0.15) is 51.9 Å². The summed E-state index contributed by atoms with van der Waals surface area (Å²) in [6.07, 6.45) is 8.48. The second-order valence-electron chi connectivity index (χ2n) is 6.80. The minimum atomic E-state index is -0.712. The van der Waals surface area contributed by atoms with E-state index in [1.165, 1.54) is 5.54 Å². The summed E-state index contributed by atoms with van der Waals surface area (Å²) in [4.78, 5) is 27.7. The molecular weight excluding hydrogens is 288 g/mol. The van der Waals surface area contributed by atoms with Crippen molar-refractivity contribution in [3.05, 3.63) is 11.6 Å². The number of rotatable bonds is 3. The third kappa shape index (κ3) is 2.28. The molecule has 4 nitrogen and oxygen atoms in total. The van der Waals surface area contributed by atoms with Gasteiger partial charge in [0.05, 0.1) is 0 Å². The minimum Gasteiger partial charge on any atom is -0.340 e. The maximum Gasteiger partial charge on any atom is 0.249 e. The fourth-order valence-electron chi connectivity index (χ4n) is 3.95. The van der Waals surface area contributed by atoms with E-state index in [4.69, 9.17) is 11.6 Å². The zero-order chi connectivity index (χ0) is 15.1. The van der Waals surface area contributed by atoms with Gasteiger partial charge in [-0.2, -0.15) is 0 Å². The van der Waals surface area contributed by atoms with Crippen LogP contribution < -0.4 is 5.32 Å². The van der Waals surface area contributed by atoms with Gasteiger partial charge < -0.3 is 10.2 Å². The van der Waals surface area contributed by atoms with Crippen molar-refractivity contribution in [2.75, 3.05) is 6.54 Å². The van der Waals surface area contributed by atoms with Crippen molar-refractivity contribution in [2.45, 2.75) is 62.9 Å². The summed E-state index contributed by atoms with van der Waals surface area (Å²) < 4.78 is 0. The third-order valence-electron chi connectivity index (χ3n) is 5.48. The van der Waals surface area contributed by atoms with Gasteiger partial charge >= 0.3 is 0 Å². The number of amides is 2. The molecular formula is C16H23ClN2O2. The van der Waals surface area contributed by atoms with Gasteiger partial charge in [0.1, 0.15) is 11.1 Å². The highest BCUT2D eigenvalue weighted by Gasteiger charge is 2.61. The predicted octanol–water partition coefficient (Wildman–Crippen LogP) is 2.57. The molecule has 0 radical (unpaired) electrons. The zero-order valence-electron chi connectivity index (χ0n) is 12.5. The van der Waals surface area contributed by atoms with E-state index in [9.17, 15) is 9.59 Å². The number of piperazine rings is 1. The first kappa shape index (κ1) is 14.9. The summed E-state index contributed by atoms with van der Waals surface area (Å²) >= 11 is 5.65. The van der Waals surface area contributed by atoms with Gasteiger partial charge in [0.15, 0.2) is 0 Å². The monoisotopic (exact) mass is 310 g/mol. The smallest absolute Gasteiger partial charge is 0.249 e. The summed E-state index contributed by atoms with van der Waals surface area (Å²) in [7, 11) is 0. The number of carbonyl (C=O) groups is 2. The second-order valence-corrected chi connectivity index (χ2v) is 7.05. The Bertz CT molecular complexity index is 481. The first-order valence-corrected chi connectivity index (χ1v) is 8.38. The first-order chi connectivity index (χ1) is 10.0. The molecule has 3 rings (SSSR count). The number of carbonyl (C=O) groups excluding carboxylic acids is 2. The Labute approximate surface area is 130 Å². The lowest BCUT2D eigenvalue weighted by Gasteiger charge is -2.52. The first-order valence-electron chi connectivity index (χ1n) is 7.94. The Morgan fingerprint density at radius 2 is 1.95 bits per heavy atom. The van der Waals surface area contributed by atoms with Crippen LogP contribution in [0.25, 0.3) is 0 Å². The molecule has 1 heterocycles. The molecule has 1 atom stereocenters. The van der Waals surface area contributed by atoms with Crippen LogP contribution in [0.2, 0.25) is 0 Å². The molecule has 5 heteroatoms. The number of nitrogens with zero attached hydrogens (tertiary/aromatic N) is 1. The summed E-state index contributed by atoms with van der Waals surface area (Å²) in [5.41, 5.74) is 0.0563. The number of hydrogen-bond acceptors (Lipinski definition) is 2. The van der Waals surface area contributed by atoms with E-state index in [2.05, 4.69) is 5.32 Å². The van der Waals surface area contributed by atoms with Gasteiger partial charge in [0.25, 0.3) is 0 Å². The van der Waals surface area contributed by atoms with Crippen molar-refractivity contribution in [1.82, 2.24) is 10.2 Å². The lowest BCUT2D eigenvalue weighted by molar-refractivity contribution is -0.164. The largest absolute Gasteiger partial charge is 0.340 e. The van der Waals surface area contributed by atoms with E-state index < -0.39 is 11.1 Å². The topological polar surface area (TPSA) is 49.4 Å². The summed E-state index contributed by atoms with van der Waals surface area (Å²) in [5.74, 6) is 0.395. The molecule has 3 fully saturated rings. The maximum atomic E-state index is 13.1. The van der Waals surface area contributed by atoms with E-state index in [0.717, 1.165) is 44.9 Å². The minimum absolute atomic E-state index is 0.0227.